The lowest BCUT2D eigenvalue weighted by molar-refractivity contribution is 0.370. The number of fused-ring (bicyclic) bond motifs is 1. The first-order valence-corrected chi connectivity index (χ1v) is 11.5. The number of benzene rings is 1. The molecule has 0 saturated carbocycles. The number of nitrogens with zero attached hydrogens (tertiary/aromatic N) is 5. The first-order chi connectivity index (χ1) is 16.5. The van der Waals surface area contributed by atoms with Crippen molar-refractivity contribution in [1.29, 1.82) is 0 Å². The Morgan fingerprint density at radius 1 is 1.03 bits per heavy atom. The Labute approximate surface area is 201 Å². The highest BCUT2D eigenvalue weighted by Gasteiger charge is 2.10. The number of rotatable bonds is 4. The summed E-state index contributed by atoms with van der Waals surface area (Å²) in [7, 11) is 5.98. The second kappa shape index (κ2) is 10.4. The third-order valence-corrected chi connectivity index (χ3v) is 6.29. The van der Waals surface area contributed by atoms with Crippen molar-refractivity contribution >= 4 is 28.2 Å². The van der Waals surface area contributed by atoms with Crippen molar-refractivity contribution in [1.82, 2.24) is 24.6 Å². The van der Waals surface area contributed by atoms with Crippen LogP contribution in [0.2, 0.25) is 0 Å². The second-order valence-corrected chi connectivity index (χ2v) is 8.57. The molecule has 6 nitrogen and oxygen atoms in total. The monoisotopic (exact) mass is 452 g/mol. The maximum absolute atomic E-state index is 4.40. The third-order valence-electron chi connectivity index (χ3n) is 6.29. The summed E-state index contributed by atoms with van der Waals surface area (Å²) in [6.45, 7) is 8.00. The van der Waals surface area contributed by atoms with Crippen molar-refractivity contribution in [2.45, 2.75) is 13.3 Å². The van der Waals surface area contributed by atoms with Gasteiger partial charge in [-0.05, 0) is 66.7 Å². The molecule has 0 saturated heterocycles. The number of pyridine rings is 2. The predicted molar refractivity (Wildman–Crippen MR) is 143 cm³/mol. The highest BCUT2D eigenvalue weighted by Crippen LogP contribution is 2.27. The molecule has 1 N–H and O–H groups in total. The van der Waals surface area contributed by atoms with E-state index in [0.29, 0.717) is 0 Å². The van der Waals surface area contributed by atoms with Gasteiger partial charge >= 0.3 is 0 Å². The van der Waals surface area contributed by atoms with Gasteiger partial charge in [-0.3, -0.25) is 9.67 Å². The van der Waals surface area contributed by atoms with Crippen molar-refractivity contribution < 1.29 is 0 Å². The van der Waals surface area contributed by atoms with Crippen LogP contribution in [0.25, 0.3) is 33.5 Å². The number of nitrogens with one attached hydrogen (secondary N) is 1. The molecule has 0 fully saturated rings. The van der Waals surface area contributed by atoms with E-state index in [4.69, 9.17) is 0 Å². The molecular weight excluding hydrogens is 420 g/mol. The van der Waals surface area contributed by atoms with Gasteiger partial charge in [0.15, 0.2) is 0 Å². The van der Waals surface area contributed by atoms with Gasteiger partial charge in [0.05, 0.1) is 11.9 Å². The average Bonchev–Trinajstić information content (AvgIpc) is 3.22. The van der Waals surface area contributed by atoms with Gasteiger partial charge in [-0.2, -0.15) is 5.10 Å². The Morgan fingerprint density at radius 3 is 2.56 bits per heavy atom. The maximum atomic E-state index is 4.40. The molecule has 3 aromatic heterocycles. The molecule has 4 aromatic rings. The molecule has 1 aromatic carbocycles. The molecule has 0 spiro atoms. The first-order valence-electron chi connectivity index (χ1n) is 11.5. The summed E-state index contributed by atoms with van der Waals surface area (Å²) in [5.74, 6) is 0.882. The number of aromatic nitrogens is 4. The highest BCUT2D eigenvalue weighted by molar-refractivity contribution is 5.88. The van der Waals surface area contributed by atoms with E-state index in [2.05, 4.69) is 82.2 Å². The molecule has 0 bridgehead atoms. The van der Waals surface area contributed by atoms with E-state index in [0.717, 1.165) is 42.0 Å². The number of hydrogen-bond donors (Lipinski definition) is 1. The van der Waals surface area contributed by atoms with Crippen LogP contribution in [0.15, 0.2) is 67.6 Å². The Hall–Kier alpha value is -3.77. The zero-order chi connectivity index (χ0) is 24.1. The Morgan fingerprint density at radius 2 is 1.88 bits per heavy atom. The van der Waals surface area contributed by atoms with Crippen molar-refractivity contribution in [3.63, 3.8) is 0 Å². The highest BCUT2D eigenvalue weighted by atomic mass is 15.3. The zero-order valence-electron chi connectivity index (χ0n) is 20.4. The fraction of sp³-hybridized carbons (Fsp3) is 0.250. The van der Waals surface area contributed by atoms with Gasteiger partial charge in [0.1, 0.15) is 5.82 Å². The van der Waals surface area contributed by atoms with E-state index in [1.807, 2.05) is 49.5 Å². The molecule has 174 valence electrons. The van der Waals surface area contributed by atoms with Crippen LogP contribution < -0.4 is 5.32 Å². The van der Waals surface area contributed by atoms with Gasteiger partial charge in [-0.15, -0.1) is 0 Å². The van der Waals surface area contributed by atoms with E-state index >= 15 is 0 Å². The quantitative estimate of drug-likeness (QED) is 0.447. The minimum absolute atomic E-state index is 0.882. The van der Waals surface area contributed by atoms with Crippen molar-refractivity contribution in [2.24, 2.45) is 7.05 Å². The van der Waals surface area contributed by atoms with Crippen LogP contribution in [0.1, 0.15) is 23.4 Å². The molecule has 0 radical (unpaired) electrons. The molecule has 1 aliphatic heterocycles. The molecule has 6 heteroatoms. The van der Waals surface area contributed by atoms with Gasteiger partial charge < -0.3 is 10.2 Å². The summed E-state index contributed by atoms with van der Waals surface area (Å²) in [5, 5.41) is 9.69. The first kappa shape index (κ1) is 23.4. The molecule has 0 unspecified atom stereocenters. The van der Waals surface area contributed by atoms with Crippen LogP contribution in [0.4, 0.5) is 5.82 Å². The Balaban J connectivity index is 0.000000166. The molecule has 5 rings (SSSR count). The van der Waals surface area contributed by atoms with Crippen LogP contribution in [0.5, 0.6) is 0 Å². The average molecular weight is 453 g/mol. The fourth-order valence-corrected chi connectivity index (χ4v) is 3.98. The second-order valence-electron chi connectivity index (χ2n) is 8.57. The van der Waals surface area contributed by atoms with Gasteiger partial charge in [0.25, 0.3) is 0 Å². The predicted octanol–water partition coefficient (Wildman–Crippen LogP) is 5.43. The maximum Gasteiger partial charge on any atom is 0.126 e. The third kappa shape index (κ3) is 5.24. The number of anilines is 1. The molecule has 4 heterocycles. The summed E-state index contributed by atoms with van der Waals surface area (Å²) < 4.78 is 1.89. The topological polar surface area (TPSA) is 58.9 Å². The van der Waals surface area contributed by atoms with Crippen LogP contribution in [-0.2, 0) is 7.05 Å². The van der Waals surface area contributed by atoms with Crippen molar-refractivity contribution in [3.05, 3.63) is 84.6 Å². The fourth-order valence-electron chi connectivity index (χ4n) is 3.98. The number of aryl methyl sites for hydroxylation is 1. The molecule has 0 aliphatic carbocycles. The van der Waals surface area contributed by atoms with Gasteiger partial charge in [-0.1, -0.05) is 30.9 Å². The van der Waals surface area contributed by atoms with Crippen molar-refractivity contribution in [3.8, 4) is 11.1 Å². The number of hydrogen-bond acceptors (Lipinski definition) is 5. The molecule has 0 atom stereocenters. The summed E-state index contributed by atoms with van der Waals surface area (Å²) >= 11 is 0. The lowest BCUT2D eigenvalue weighted by Gasteiger charge is -2.21. The van der Waals surface area contributed by atoms with E-state index < -0.39 is 0 Å². The molecular formula is C28H32N6. The largest absolute Gasteiger partial charge is 0.373 e. The Bertz CT molecular complexity index is 1330. The van der Waals surface area contributed by atoms with E-state index in [1.165, 1.54) is 27.8 Å². The van der Waals surface area contributed by atoms with Crippen LogP contribution in [0.3, 0.4) is 0 Å². The smallest absolute Gasteiger partial charge is 0.126 e. The summed E-state index contributed by atoms with van der Waals surface area (Å²) in [4.78, 5) is 11.0. The SMILES string of the molecule is C=Cc1ccnc(C2=CCN(C)CC2)c1.CNc1cc2cc(-c3cnn(C)c3C)ccc2cn1. The zero-order valence-corrected chi connectivity index (χ0v) is 20.4. The molecule has 0 amide bonds. The van der Waals surface area contributed by atoms with E-state index in [1.54, 1.807) is 0 Å². The Kier molecular flexibility index (Phi) is 7.18. The van der Waals surface area contributed by atoms with Gasteiger partial charge in [0.2, 0.25) is 0 Å². The normalized spacial score (nSPS) is 13.7. The summed E-state index contributed by atoms with van der Waals surface area (Å²) in [6, 6.07) is 12.5. The lowest BCUT2D eigenvalue weighted by atomic mass is 10.0. The van der Waals surface area contributed by atoms with Gasteiger partial charge in [-0.25, -0.2) is 4.98 Å². The van der Waals surface area contributed by atoms with Crippen molar-refractivity contribution in [2.75, 3.05) is 32.5 Å². The molecule has 34 heavy (non-hydrogen) atoms. The standard InChI is InChI=1S/C15H16N4.C13H16N2/c1-10-14(9-18-19(10)3)11-4-5-12-8-17-15(16-2)7-13(12)6-11;1-3-11-4-7-14-13(10-11)12-5-8-15(2)9-6-12/h4-9H,1-3H3,(H,16,17);3-5,7,10H,1,6,8-9H2,2H3. The molecule has 1 aliphatic rings. The van der Waals surface area contributed by atoms with Crippen LogP contribution >= 0.6 is 0 Å². The van der Waals surface area contributed by atoms with E-state index in [9.17, 15) is 0 Å². The van der Waals surface area contributed by atoms with E-state index in [-0.39, 0.29) is 0 Å². The summed E-state index contributed by atoms with van der Waals surface area (Å²) in [5.41, 5.74) is 7.12. The van der Waals surface area contributed by atoms with Crippen LogP contribution in [-0.4, -0.2) is 51.8 Å². The summed E-state index contributed by atoms with van der Waals surface area (Å²) in [6.07, 6.45) is 10.9. The van der Waals surface area contributed by atoms with Gasteiger partial charge in [0, 0.05) is 56.2 Å². The minimum atomic E-state index is 0.882. The number of likely N-dealkylation sites (N-methyl/N-ethyl adjacent to an activating group) is 1. The van der Waals surface area contributed by atoms with Crippen LogP contribution in [0, 0.1) is 6.92 Å². The minimum Gasteiger partial charge on any atom is -0.373 e. The lowest BCUT2D eigenvalue weighted by Crippen LogP contribution is -2.23.